The van der Waals surface area contributed by atoms with Gasteiger partial charge in [-0.05, 0) is 49.9 Å². The molecule has 1 N–H and O–H groups in total. The van der Waals surface area contributed by atoms with Crippen molar-refractivity contribution in [1.29, 1.82) is 0 Å². The maximum absolute atomic E-state index is 13.6. The van der Waals surface area contributed by atoms with Gasteiger partial charge in [0.25, 0.3) is 5.91 Å². The normalized spacial score (nSPS) is 17.6. The molecule has 1 aliphatic rings. The van der Waals surface area contributed by atoms with Gasteiger partial charge in [0.2, 0.25) is 0 Å². The smallest absolute Gasteiger partial charge is 0.259 e. The average molecular weight is 328 g/mol. The number of piperidine rings is 1. The predicted octanol–water partition coefficient (Wildman–Crippen LogP) is 3.64. The van der Waals surface area contributed by atoms with E-state index in [-0.39, 0.29) is 5.56 Å². The van der Waals surface area contributed by atoms with E-state index in [4.69, 9.17) is 0 Å². The fourth-order valence-corrected chi connectivity index (χ4v) is 3.10. The first-order valence-electron chi connectivity index (χ1n) is 8.35. The number of rotatable bonds is 4. The van der Waals surface area contributed by atoms with E-state index in [9.17, 15) is 9.18 Å². The van der Waals surface area contributed by atoms with Crippen molar-refractivity contribution in [3.05, 3.63) is 47.8 Å². The topological polar surface area (TPSA) is 58.1 Å². The Morgan fingerprint density at radius 1 is 1.25 bits per heavy atom. The Morgan fingerprint density at radius 3 is 2.79 bits per heavy atom. The summed E-state index contributed by atoms with van der Waals surface area (Å²) in [6, 6.07) is 9.92. The van der Waals surface area contributed by atoms with Gasteiger partial charge in [0.1, 0.15) is 5.82 Å². The second-order valence-electron chi connectivity index (χ2n) is 5.96. The Balaban J connectivity index is 1.70. The van der Waals surface area contributed by atoms with E-state index in [1.54, 1.807) is 18.2 Å². The number of carbonyl (C=O) groups excluding carboxylic acids is 1. The molecule has 1 saturated heterocycles. The first-order chi connectivity index (χ1) is 11.7. The van der Waals surface area contributed by atoms with E-state index in [2.05, 4.69) is 27.3 Å². The summed E-state index contributed by atoms with van der Waals surface area (Å²) in [6.45, 7) is 3.16. The lowest BCUT2D eigenvalue weighted by atomic mass is 10.0. The van der Waals surface area contributed by atoms with Crippen molar-refractivity contribution in [3.63, 3.8) is 0 Å². The van der Waals surface area contributed by atoms with Crippen LogP contribution in [0.2, 0.25) is 0 Å². The molecule has 24 heavy (non-hydrogen) atoms. The lowest BCUT2D eigenvalue weighted by Crippen LogP contribution is -2.39. The maximum Gasteiger partial charge on any atom is 0.259 e. The van der Waals surface area contributed by atoms with Crippen molar-refractivity contribution in [2.75, 3.05) is 16.8 Å². The summed E-state index contributed by atoms with van der Waals surface area (Å²) in [5, 5.41) is 10.9. The van der Waals surface area contributed by atoms with Crippen molar-refractivity contribution in [2.45, 2.75) is 38.6 Å². The second-order valence-corrected chi connectivity index (χ2v) is 5.96. The number of nitrogens with zero attached hydrogens (tertiary/aromatic N) is 3. The molecule has 1 aromatic carbocycles. The first kappa shape index (κ1) is 16.4. The molecule has 1 aromatic heterocycles. The van der Waals surface area contributed by atoms with Crippen LogP contribution in [0.5, 0.6) is 0 Å². The SMILES string of the molecule is CCC1CCCCN1c1ccc(NC(=O)c2ccccc2F)nn1. The molecule has 2 heterocycles. The lowest BCUT2D eigenvalue weighted by molar-refractivity contribution is 0.102. The standard InChI is InChI=1S/C18H21FN4O/c1-2-13-7-5-6-12-23(13)17-11-10-16(21-22-17)20-18(24)14-8-3-4-9-15(14)19/h3-4,8-11,13H,2,5-7,12H2,1H3,(H,20,21,24). The minimum Gasteiger partial charge on any atom is -0.352 e. The van der Waals surface area contributed by atoms with Gasteiger partial charge < -0.3 is 10.2 Å². The number of amides is 1. The molecule has 1 fully saturated rings. The zero-order valence-electron chi connectivity index (χ0n) is 13.7. The number of hydrogen-bond donors (Lipinski definition) is 1. The molecular formula is C18H21FN4O. The van der Waals surface area contributed by atoms with Crippen molar-refractivity contribution >= 4 is 17.5 Å². The van der Waals surface area contributed by atoms with Crippen LogP contribution in [0, 0.1) is 5.82 Å². The third kappa shape index (κ3) is 3.53. The quantitative estimate of drug-likeness (QED) is 0.931. The highest BCUT2D eigenvalue weighted by Crippen LogP contribution is 2.25. The largest absolute Gasteiger partial charge is 0.352 e. The van der Waals surface area contributed by atoms with Gasteiger partial charge in [0.05, 0.1) is 5.56 Å². The molecule has 126 valence electrons. The summed E-state index contributed by atoms with van der Waals surface area (Å²) >= 11 is 0. The van der Waals surface area contributed by atoms with E-state index < -0.39 is 11.7 Å². The fourth-order valence-electron chi connectivity index (χ4n) is 3.10. The number of aromatic nitrogens is 2. The Bertz CT molecular complexity index is 704. The molecule has 0 saturated carbocycles. The predicted molar refractivity (Wildman–Crippen MR) is 91.7 cm³/mol. The van der Waals surface area contributed by atoms with Gasteiger partial charge in [-0.3, -0.25) is 4.79 Å². The molecule has 0 spiro atoms. The Labute approximate surface area is 140 Å². The molecule has 3 rings (SSSR count). The summed E-state index contributed by atoms with van der Waals surface area (Å²) in [5.41, 5.74) is -0.00884. The molecule has 1 amide bonds. The van der Waals surface area contributed by atoms with Gasteiger partial charge in [-0.25, -0.2) is 4.39 Å². The van der Waals surface area contributed by atoms with Crippen molar-refractivity contribution < 1.29 is 9.18 Å². The molecule has 0 radical (unpaired) electrons. The van der Waals surface area contributed by atoms with Gasteiger partial charge in [-0.15, -0.1) is 10.2 Å². The van der Waals surface area contributed by atoms with Gasteiger partial charge >= 0.3 is 0 Å². The van der Waals surface area contributed by atoms with E-state index >= 15 is 0 Å². The molecular weight excluding hydrogens is 307 g/mol. The van der Waals surface area contributed by atoms with Gasteiger partial charge in [-0.2, -0.15) is 0 Å². The van der Waals surface area contributed by atoms with E-state index in [0.29, 0.717) is 11.9 Å². The number of nitrogens with one attached hydrogen (secondary N) is 1. The molecule has 1 atom stereocenters. The highest BCUT2D eigenvalue weighted by Gasteiger charge is 2.22. The van der Waals surface area contributed by atoms with Crippen LogP contribution in [0.25, 0.3) is 0 Å². The molecule has 1 unspecified atom stereocenters. The number of halogens is 1. The molecule has 2 aromatic rings. The summed E-state index contributed by atoms with van der Waals surface area (Å²) in [5.74, 6) is 0.0562. The molecule has 5 nitrogen and oxygen atoms in total. The number of benzene rings is 1. The molecule has 0 bridgehead atoms. The summed E-state index contributed by atoms with van der Waals surface area (Å²) in [6.07, 6.45) is 4.65. The Kier molecular flexibility index (Phi) is 5.03. The Hall–Kier alpha value is -2.50. The zero-order chi connectivity index (χ0) is 16.9. The number of anilines is 2. The third-order valence-electron chi connectivity index (χ3n) is 4.40. The highest BCUT2D eigenvalue weighted by atomic mass is 19.1. The first-order valence-corrected chi connectivity index (χ1v) is 8.35. The van der Waals surface area contributed by atoms with Crippen LogP contribution in [0.1, 0.15) is 43.0 Å². The van der Waals surface area contributed by atoms with Crippen LogP contribution in [0.4, 0.5) is 16.0 Å². The van der Waals surface area contributed by atoms with Crippen LogP contribution in [-0.2, 0) is 0 Å². The number of carbonyl (C=O) groups is 1. The van der Waals surface area contributed by atoms with Crippen molar-refractivity contribution in [1.82, 2.24) is 10.2 Å². The van der Waals surface area contributed by atoms with Crippen molar-refractivity contribution in [3.8, 4) is 0 Å². The molecule has 0 aliphatic carbocycles. The second kappa shape index (κ2) is 7.38. The highest BCUT2D eigenvalue weighted by molar-refractivity contribution is 6.03. The lowest BCUT2D eigenvalue weighted by Gasteiger charge is -2.35. The van der Waals surface area contributed by atoms with Crippen molar-refractivity contribution in [2.24, 2.45) is 0 Å². The number of hydrogen-bond acceptors (Lipinski definition) is 4. The van der Waals surface area contributed by atoms with Crippen LogP contribution in [0.3, 0.4) is 0 Å². The summed E-state index contributed by atoms with van der Waals surface area (Å²) in [7, 11) is 0. The monoisotopic (exact) mass is 328 g/mol. The van der Waals surface area contributed by atoms with E-state index in [0.717, 1.165) is 25.2 Å². The Morgan fingerprint density at radius 2 is 2.08 bits per heavy atom. The summed E-state index contributed by atoms with van der Waals surface area (Å²) < 4.78 is 13.6. The average Bonchev–Trinajstić information content (AvgIpc) is 2.62. The van der Waals surface area contributed by atoms with E-state index in [1.807, 2.05) is 6.07 Å². The third-order valence-corrected chi connectivity index (χ3v) is 4.40. The minimum absolute atomic E-state index is 0.00884. The van der Waals surface area contributed by atoms with Crippen LogP contribution < -0.4 is 10.2 Å². The van der Waals surface area contributed by atoms with Gasteiger partial charge in [0.15, 0.2) is 11.6 Å². The minimum atomic E-state index is -0.557. The van der Waals surface area contributed by atoms with Gasteiger partial charge in [0, 0.05) is 12.6 Å². The maximum atomic E-state index is 13.6. The van der Waals surface area contributed by atoms with Gasteiger partial charge in [-0.1, -0.05) is 19.1 Å². The summed E-state index contributed by atoms with van der Waals surface area (Å²) in [4.78, 5) is 14.4. The van der Waals surface area contributed by atoms with E-state index in [1.165, 1.54) is 25.0 Å². The molecule has 1 aliphatic heterocycles. The van der Waals surface area contributed by atoms with Crippen LogP contribution in [0.15, 0.2) is 36.4 Å². The van der Waals surface area contributed by atoms with Crippen LogP contribution in [-0.4, -0.2) is 28.7 Å². The zero-order valence-corrected chi connectivity index (χ0v) is 13.7. The molecule has 6 heteroatoms. The fraction of sp³-hybridized carbons (Fsp3) is 0.389. The van der Waals surface area contributed by atoms with Crippen LogP contribution >= 0.6 is 0 Å².